The third kappa shape index (κ3) is 4.53. The lowest BCUT2D eigenvalue weighted by Gasteiger charge is -2.22. The number of hydrogen-bond donors (Lipinski definition) is 3. The molecule has 4 heterocycles. The van der Waals surface area contributed by atoms with Gasteiger partial charge in [-0.25, -0.2) is 14.4 Å². The summed E-state index contributed by atoms with van der Waals surface area (Å²) in [5, 5.41) is 17.6. The largest absolute Gasteiger partial charge is 0.481 e. The van der Waals surface area contributed by atoms with Crippen molar-refractivity contribution in [1.82, 2.24) is 24.7 Å². The molecule has 1 aliphatic rings. The summed E-state index contributed by atoms with van der Waals surface area (Å²) in [5.74, 6) is -1.14. The van der Waals surface area contributed by atoms with Crippen molar-refractivity contribution in [3.63, 3.8) is 0 Å². The Kier molecular flexibility index (Phi) is 6.38. The van der Waals surface area contributed by atoms with Crippen LogP contribution in [0.3, 0.4) is 0 Å². The average molecular weight is 572 g/mol. The van der Waals surface area contributed by atoms with Crippen LogP contribution in [0.15, 0.2) is 60.8 Å². The number of pyridine rings is 1. The minimum atomic E-state index is -1.27. The first-order chi connectivity index (χ1) is 19.6. The maximum atomic E-state index is 14.5. The van der Waals surface area contributed by atoms with Crippen molar-refractivity contribution in [1.29, 1.82) is 0 Å². The molecule has 206 valence electrons. The third-order valence-corrected chi connectivity index (χ3v) is 7.53. The predicted octanol–water partition coefficient (Wildman–Crippen LogP) is 4.59. The Labute approximate surface area is 238 Å². The second kappa shape index (κ2) is 9.93. The number of benzene rings is 2. The molecule has 1 aliphatic heterocycles. The summed E-state index contributed by atoms with van der Waals surface area (Å²) in [4.78, 5) is 37.9. The van der Waals surface area contributed by atoms with Gasteiger partial charge in [0.05, 0.1) is 23.3 Å². The summed E-state index contributed by atoms with van der Waals surface area (Å²) in [6.45, 7) is 1.83. The molecule has 10 nitrogen and oxygen atoms in total. The number of nitrogens with one attached hydrogen (secondary N) is 1. The lowest BCUT2D eigenvalue weighted by molar-refractivity contribution is -0.137. The van der Waals surface area contributed by atoms with E-state index in [1.54, 1.807) is 66.3 Å². The summed E-state index contributed by atoms with van der Waals surface area (Å²) < 4.78 is 16.1. The smallest absolute Gasteiger partial charge is 0.303 e. The molecule has 0 fully saturated rings. The Bertz CT molecular complexity index is 1860. The zero-order valence-electron chi connectivity index (χ0n) is 21.7. The van der Waals surface area contributed by atoms with Crippen LogP contribution in [0.4, 0.5) is 16.0 Å². The van der Waals surface area contributed by atoms with Crippen molar-refractivity contribution in [2.24, 2.45) is 0 Å². The minimum Gasteiger partial charge on any atom is -0.481 e. The van der Waals surface area contributed by atoms with Gasteiger partial charge in [-0.3, -0.25) is 19.3 Å². The van der Waals surface area contributed by atoms with Gasteiger partial charge in [-0.1, -0.05) is 35.9 Å². The first-order valence-corrected chi connectivity index (χ1v) is 13.1. The van der Waals surface area contributed by atoms with Gasteiger partial charge >= 0.3 is 5.97 Å². The number of rotatable bonds is 7. The summed E-state index contributed by atoms with van der Waals surface area (Å²) >= 11 is 6.28. The van der Waals surface area contributed by atoms with E-state index >= 15 is 0 Å². The second-order valence-electron chi connectivity index (χ2n) is 9.94. The highest BCUT2D eigenvalue weighted by Gasteiger charge is 2.48. The highest BCUT2D eigenvalue weighted by atomic mass is 35.5. The van der Waals surface area contributed by atoms with E-state index in [-0.39, 0.29) is 42.2 Å². The topological polar surface area (TPSA) is 149 Å². The number of nitrogen functional groups attached to an aromatic ring is 1. The van der Waals surface area contributed by atoms with Crippen LogP contribution in [0, 0.1) is 5.82 Å². The molecule has 1 amide bonds. The number of aryl methyl sites for hydroxylation is 1. The number of halogens is 2. The highest BCUT2D eigenvalue weighted by Crippen LogP contribution is 2.44. The molecule has 0 saturated carbocycles. The molecule has 0 bridgehead atoms. The van der Waals surface area contributed by atoms with E-state index in [1.165, 1.54) is 6.07 Å². The van der Waals surface area contributed by atoms with Gasteiger partial charge in [0.1, 0.15) is 28.6 Å². The van der Waals surface area contributed by atoms with Gasteiger partial charge in [-0.15, -0.1) is 0 Å². The van der Waals surface area contributed by atoms with Gasteiger partial charge in [-0.05, 0) is 49.2 Å². The van der Waals surface area contributed by atoms with E-state index in [1.807, 2.05) is 0 Å². The van der Waals surface area contributed by atoms with Crippen LogP contribution in [-0.2, 0) is 28.0 Å². The number of amides is 1. The van der Waals surface area contributed by atoms with E-state index in [2.05, 4.69) is 20.3 Å². The number of fused-ring (bicyclic) bond motifs is 2. The fourth-order valence-corrected chi connectivity index (χ4v) is 5.26. The number of hydrogen-bond acceptors (Lipinski definition) is 7. The Morgan fingerprint density at radius 1 is 1.17 bits per heavy atom. The quantitative estimate of drug-likeness (QED) is 0.257. The van der Waals surface area contributed by atoms with Crippen molar-refractivity contribution in [2.45, 2.75) is 31.7 Å². The van der Waals surface area contributed by atoms with Crippen molar-refractivity contribution in [2.75, 3.05) is 11.1 Å². The van der Waals surface area contributed by atoms with E-state index in [4.69, 9.17) is 27.5 Å². The van der Waals surface area contributed by atoms with Crippen molar-refractivity contribution in [3.05, 3.63) is 94.0 Å². The number of aromatic nitrogens is 5. The number of nitrogens with two attached hydrogens (primary N) is 1. The molecule has 4 N–H and O–H groups in total. The maximum Gasteiger partial charge on any atom is 0.303 e. The van der Waals surface area contributed by atoms with Gasteiger partial charge in [-0.2, -0.15) is 5.10 Å². The average Bonchev–Trinajstić information content (AvgIpc) is 3.43. The summed E-state index contributed by atoms with van der Waals surface area (Å²) in [6, 6.07) is 15.1. The van der Waals surface area contributed by atoms with Crippen molar-refractivity contribution >= 4 is 46.0 Å². The monoisotopic (exact) mass is 571 g/mol. The first-order valence-electron chi connectivity index (χ1n) is 12.7. The second-order valence-corrected chi connectivity index (χ2v) is 10.4. The molecule has 6 rings (SSSR count). The van der Waals surface area contributed by atoms with E-state index in [9.17, 15) is 14.0 Å². The third-order valence-electron chi connectivity index (χ3n) is 7.29. The normalized spacial score (nSPS) is 16.1. The predicted molar refractivity (Wildman–Crippen MR) is 151 cm³/mol. The molecular weight excluding hydrogens is 549 g/mol. The van der Waals surface area contributed by atoms with E-state index in [0.29, 0.717) is 44.9 Å². The van der Waals surface area contributed by atoms with Crippen molar-refractivity contribution < 1.29 is 19.1 Å². The van der Waals surface area contributed by atoms with Crippen LogP contribution in [0.2, 0.25) is 5.02 Å². The zero-order chi connectivity index (χ0) is 28.9. The molecule has 0 aliphatic carbocycles. The number of carboxylic acids is 1. The van der Waals surface area contributed by atoms with Gasteiger partial charge in [0.25, 0.3) is 0 Å². The number of carbonyl (C=O) groups excluding carboxylic acids is 1. The lowest BCUT2D eigenvalue weighted by atomic mass is 9.80. The molecular formula is C29H23ClFN7O3. The molecule has 1 unspecified atom stereocenters. The van der Waals surface area contributed by atoms with E-state index < -0.39 is 11.4 Å². The highest BCUT2D eigenvalue weighted by molar-refractivity contribution is 6.31. The fraction of sp³-hybridized carbons (Fsp3) is 0.172. The Morgan fingerprint density at radius 2 is 1.98 bits per heavy atom. The zero-order valence-corrected chi connectivity index (χ0v) is 22.5. The molecule has 2 aromatic carbocycles. The number of aliphatic carboxylic acids is 1. The number of nitrogens with zero attached hydrogens (tertiary/aromatic N) is 5. The molecule has 3 aromatic heterocycles. The standard InChI is InChI=1S/C29H23ClFN7O3/c1-29(21-10-6-15(13-33-21)7-11-22(39)40)23-25(32)34-27(35-26(23)36-28(29)41)24-18-9-8-17(30)12-20(18)38(37-24)14-16-4-2-3-5-19(16)31/h2-6,8-10,12-13H,7,11,14H2,1H3,(H,39,40)(H3,32,34,35,36,41). The molecule has 1 atom stereocenters. The number of anilines is 2. The van der Waals surface area contributed by atoms with Gasteiger partial charge < -0.3 is 16.2 Å². The maximum absolute atomic E-state index is 14.5. The molecule has 0 saturated heterocycles. The van der Waals surface area contributed by atoms with Gasteiger partial charge in [0, 0.05) is 28.6 Å². The molecule has 12 heteroatoms. The lowest BCUT2D eigenvalue weighted by Crippen LogP contribution is -2.34. The Morgan fingerprint density at radius 3 is 2.71 bits per heavy atom. The molecule has 41 heavy (non-hydrogen) atoms. The molecule has 0 radical (unpaired) electrons. The van der Waals surface area contributed by atoms with Crippen LogP contribution in [0.1, 0.15) is 35.7 Å². The van der Waals surface area contributed by atoms with Crippen LogP contribution in [0.25, 0.3) is 22.4 Å². The Balaban J connectivity index is 1.41. The van der Waals surface area contributed by atoms with Crippen LogP contribution in [0.5, 0.6) is 0 Å². The van der Waals surface area contributed by atoms with Crippen LogP contribution >= 0.6 is 11.6 Å². The Hall–Kier alpha value is -4.90. The molecule has 0 spiro atoms. The fourth-order valence-electron chi connectivity index (χ4n) is 5.10. The first kappa shape index (κ1) is 26.3. The minimum absolute atomic E-state index is 0.0257. The summed E-state index contributed by atoms with van der Waals surface area (Å²) in [7, 11) is 0. The van der Waals surface area contributed by atoms with Gasteiger partial charge in [0.2, 0.25) is 5.91 Å². The van der Waals surface area contributed by atoms with Crippen LogP contribution in [-0.4, -0.2) is 41.7 Å². The number of carbonyl (C=O) groups is 2. The molecule has 5 aromatic rings. The number of carboxylic acid groups (broad SMARTS) is 1. The summed E-state index contributed by atoms with van der Waals surface area (Å²) in [5.41, 5.74) is 8.23. The van der Waals surface area contributed by atoms with E-state index in [0.717, 1.165) is 5.56 Å². The van der Waals surface area contributed by atoms with Gasteiger partial charge in [0.15, 0.2) is 5.82 Å². The van der Waals surface area contributed by atoms with Crippen molar-refractivity contribution in [3.8, 4) is 11.5 Å². The van der Waals surface area contributed by atoms with Crippen LogP contribution < -0.4 is 11.1 Å². The summed E-state index contributed by atoms with van der Waals surface area (Å²) in [6.07, 6.45) is 1.85. The SMILES string of the molecule is CC1(c2ccc(CCC(=O)O)cn2)C(=O)Nc2nc(-c3nn(Cc4ccccc4F)c4cc(Cl)ccc34)nc(N)c21.